The monoisotopic (exact) mass is 184 g/mol. The fourth-order valence-corrected chi connectivity index (χ4v) is 0.789. The van der Waals surface area contributed by atoms with E-state index in [4.69, 9.17) is 10.8 Å². The second-order valence-electron chi connectivity index (χ2n) is 2.77. The van der Waals surface area contributed by atoms with Crippen LogP contribution in [0.4, 0.5) is 5.82 Å². The zero-order valence-electron chi connectivity index (χ0n) is 7.24. The van der Waals surface area contributed by atoms with E-state index in [9.17, 15) is 4.79 Å². The molecule has 6 heteroatoms. The molecular formula is C7H12N4O2. The van der Waals surface area contributed by atoms with Crippen molar-refractivity contribution >= 4 is 11.7 Å². The first kappa shape index (κ1) is 9.53. The van der Waals surface area contributed by atoms with Crippen molar-refractivity contribution in [3.63, 3.8) is 0 Å². The molecule has 0 fully saturated rings. The number of aromatic amines is 1. The van der Waals surface area contributed by atoms with Gasteiger partial charge in [-0.1, -0.05) is 0 Å². The number of nitrogens with zero attached hydrogens (tertiary/aromatic N) is 1. The first-order valence-electron chi connectivity index (χ1n) is 3.86. The Hall–Kier alpha value is -1.56. The standard InChI is InChI=1S/C7H12N4O2/c1-4(12)3-9-7(13)5-2-6(8)11-10-5/h2,4,12H,3H2,1H3,(H,9,13)(H3,8,10,11)/t4-/m0/s1. The molecule has 0 saturated carbocycles. The van der Waals surface area contributed by atoms with Crippen molar-refractivity contribution in [2.45, 2.75) is 13.0 Å². The summed E-state index contributed by atoms with van der Waals surface area (Å²) in [4.78, 5) is 11.2. The van der Waals surface area contributed by atoms with Crippen LogP contribution in [0, 0.1) is 0 Å². The summed E-state index contributed by atoms with van der Waals surface area (Å²) in [6.07, 6.45) is -0.566. The van der Waals surface area contributed by atoms with Crippen LogP contribution in [0.15, 0.2) is 6.07 Å². The predicted molar refractivity (Wildman–Crippen MR) is 47.0 cm³/mol. The highest BCUT2D eigenvalue weighted by atomic mass is 16.3. The van der Waals surface area contributed by atoms with Gasteiger partial charge in [0.05, 0.1) is 6.10 Å². The van der Waals surface area contributed by atoms with Crippen molar-refractivity contribution in [2.24, 2.45) is 0 Å². The third kappa shape index (κ3) is 2.75. The maximum atomic E-state index is 11.2. The number of amides is 1. The normalized spacial score (nSPS) is 12.5. The molecule has 0 saturated heterocycles. The Morgan fingerprint density at radius 1 is 1.92 bits per heavy atom. The van der Waals surface area contributed by atoms with Crippen LogP contribution in [0.5, 0.6) is 0 Å². The molecule has 0 radical (unpaired) electrons. The van der Waals surface area contributed by atoms with Crippen LogP contribution in [0.3, 0.4) is 0 Å². The van der Waals surface area contributed by atoms with E-state index in [1.165, 1.54) is 6.07 Å². The molecule has 0 aromatic carbocycles. The van der Waals surface area contributed by atoms with E-state index in [0.717, 1.165) is 0 Å². The Balaban J connectivity index is 2.49. The number of H-pyrrole nitrogens is 1. The fraction of sp³-hybridized carbons (Fsp3) is 0.429. The van der Waals surface area contributed by atoms with E-state index >= 15 is 0 Å². The van der Waals surface area contributed by atoms with Crippen molar-refractivity contribution in [3.8, 4) is 0 Å². The maximum absolute atomic E-state index is 11.2. The van der Waals surface area contributed by atoms with Crippen LogP contribution in [-0.4, -0.2) is 33.9 Å². The lowest BCUT2D eigenvalue weighted by atomic mass is 10.3. The molecule has 0 aliphatic heterocycles. The van der Waals surface area contributed by atoms with Gasteiger partial charge in [0.2, 0.25) is 0 Å². The minimum absolute atomic E-state index is 0.206. The smallest absolute Gasteiger partial charge is 0.269 e. The molecule has 6 nitrogen and oxygen atoms in total. The Kier molecular flexibility index (Phi) is 2.86. The summed E-state index contributed by atoms with van der Waals surface area (Å²) in [7, 11) is 0. The Morgan fingerprint density at radius 2 is 2.62 bits per heavy atom. The number of anilines is 1. The molecule has 0 aliphatic carbocycles. The lowest BCUT2D eigenvalue weighted by Gasteiger charge is -2.04. The fourth-order valence-electron chi connectivity index (χ4n) is 0.789. The van der Waals surface area contributed by atoms with Crippen molar-refractivity contribution in [1.82, 2.24) is 15.5 Å². The molecule has 0 unspecified atom stereocenters. The number of aromatic nitrogens is 2. The summed E-state index contributed by atoms with van der Waals surface area (Å²) in [5.41, 5.74) is 5.59. The highest BCUT2D eigenvalue weighted by molar-refractivity contribution is 5.92. The predicted octanol–water partition coefficient (Wildman–Crippen LogP) is -0.897. The average molecular weight is 184 g/mol. The third-order valence-corrected chi connectivity index (χ3v) is 1.40. The van der Waals surface area contributed by atoms with Crippen LogP contribution < -0.4 is 11.1 Å². The summed E-state index contributed by atoms with van der Waals surface area (Å²) in [5, 5.41) is 17.4. The van der Waals surface area contributed by atoms with Crippen molar-refractivity contribution in [3.05, 3.63) is 11.8 Å². The first-order chi connectivity index (χ1) is 6.09. The molecule has 1 aromatic heterocycles. The minimum Gasteiger partial charge on any atom is -0.392 e. The summed E-state index contributed by atoms with van der Waals surface area (Å²) in [5.74, 6) is -0.0627. The highest BCUT2D eigenvalue weighted by Gasteiger charge is 2.08. The summed E-state index contributed by atoms with van der Waals surface area (Å²) >= 11 is 0. The molecule has 1 aromatic rings. The molecule has 1 heterocycles. The number of hydrogen-bond acceptors (Lipinski definition) is 4. The van der Waals surface area contributed by atoms with Gasteiger partial charge in [-0.2, -0.15) is 5.10 Å². The van der Waals surface area contributed by atoms with Crippen LogP contribution in [0.2, 0.25) is 0 Å². The van der Waals surface area contributed by atoms with Gasteiger partial charge in [0.1, 0.15) is 11.5 Å². The van der Waals surface area contributed by atoms with E-state index < -0.39 is 6.10 Å². The van der Waals surface area contributed by atoms with E-state index in [0.29, 0.717) is 0 Å². The van der Waals surface area contributed by atoms with Crippen LogP contribution in [0.25, 0.3) is 0 Å². The second kappa shape index (κ2) is 3.90. The van der Waals surface area contributed by atoms with Gasteiger partial charge < -0.3 is 16.2 Å². The summed E-state index contributed by atoms with van der Waals surface area (Å²) < 4.78 is 0. The number of aliphatic hydroxyl groups excluding tert-OH is 1. The zero-order valence-corrected chi connectivity index (χ0v) is 7.24. The number of hydrogen-bond donors (Lipinski definition) is 4. The number of nitrogens with one attached hydrogen (secondary N) is 2. The lowest BCUT2D eigenvalue weighted by Crippen LogP contribution is -2.30. The number of carbonyl (C=O) groups is 1. The van der Waals surface area contributed by atoms with Gasteiger partial charge in [-0.15, -0.1) is 0 Å². The number of rotatable bonds is 3. The lowest BCUT2D eigenvalue weighted by molar-refractivity contribution is 0.0919. The van der Waals surface area contributed by atoms with Gasteiger partial charge in [0.15, 0.2) is 0 Å². The SMILES string of the molecule is C[C@H](O)CNC(=O)c1cc(N)n[nH]1. The van der Waals surface area contributed by atoms with Crippen molar-refractivity contribution < 1.29 is 9.90 Å². The van der Waals surface area contributed by atoms with E-state index in [1.807, 2.05) is 0 Å². The van der Waals surface area contributed by atoms with Crippen LogP contribution >= 0.6 is 0 Å². The summed E-state index contributed by atoms with van der Waals surface area (Å²) in [6.45, 7) is 1.79. The molecule has 13 heavy (non-hydrogen) atoms. The molecule has 0 spiro atoms. The van der Waals surface area contributed by atoms with E-state index in [1.54, 1.807) is 6.92 Å². The Morgan fingerprint density at radius 3 is 3.08 bits per heavy atom. The molecular weight excluding hydrogens is 172 g/mol. The number of nitrogen functional groups attached to an aromatic ring is 1. The Bertz CT molecular complexity index is 294. The van der Waals surface area contributed by atoms with E-state index in [2.05, 4.69) is 15.5 Å². The van der Waals surface area contributed by atoms with Gasteiger partial charge >= 0.3 is 0 Å². The number of nitrogens with two attached hydrogens (primary N) is 1. The number of aliphatic hydroxyl groups is 1. The van der Waals surface area contributed by atoms with Crippen molar-refractivity contribution in [2.75, 3.05) is 12.3 Å². The first-order valence-corrected chi connectivity index (χ1v) is 3.86. The van der Waals surface area contributed by atoms with Gasteiger partial charge in [-0.3, -0.25) is 9.89 Å². The highest BCUT2D eigenvalue weighted by Crippen LogP contribution is 1.99. The van der Waals surface area contributed by atoms with Gasteiger partial charge in [-0.25, -0.2) is 0 Å². The summed E-state index contributed by atoms with van der Waals surface area (Å²) in [6, 6.07) is 1.43. The second-order valence-corrected chi connectivity index (χ2v) is 2.77. The van der Waals surface area contributed by atoms with Crippen molar-refractivity contribution in [1.29, 1.82) is 0 Å². The van der Waals surface area contributed by atoms with Crippen LogP contribution in [-0.2, 0) is 0 Å². The average Bonchev–Trinajstić information content (AvgIpc) is 2.47. The molecule has 0 aliphatic rings. The molecule has 0 bridgehead atoms. The molecule has 1 rings (SSSR count). The maximum Gasteiger partial charge on any atom is 0.269 e. The number of carbonyl (C=O) groups excluding carboxylic acids is 1. The van der Waals surface area contributed by atoms with Crippen LogP contribution in [0.1, 0.15) is 17.4 Å². The molecule has 1 amide bonds. The topological polar surface area (TPSA) is 104 Å². The molecule has 5 N–H and O–H groups in total. The quantitative estimate of drug-likeness (QED) is 0.488. The van der Waals surface area contributed by atoms with Gasteiger partial charge in [0, 0.05) is 12.6 Å². The largest absolute Gasteiger partial charge is 0.392 e. The zero-order chi connectivity index (χ0) is 9.84. The van der Waals surface area contributed by atoms with E-state index in [-0.39, 0.29) is 24.0 Å². The Labute approximate surface area is 75.1 Å². The minimum atomic E-state index is -0.566. The molecule has 1 atom stereocenters. The van der Waals surface area contributed by atoms with Gasteiger partial charge in [0.25, 0.3) is 5.91 Å². The third-order valence-electron chi connectivity index (χ3n) is 1.40. The van der Waals surface area contributed by atoms with Gasteiger partial charge in [-0.05, 0) is 6.92 Å². The molecule has 72 valence electrons.